The first kappa shape index (κ1) is 16.0. The lowest BCUT2D eigenvalue weighted by atomic mass is 10.2. The van der Waals surface area contributed by atoms with E-state index in [0.29, 0.717) is 24.3 Å². The Labute approximate surface area is 138 Å². The van der Waals surface area contributed by atoms with Gasteiger partial charge < -0.3 is 15.2 Å². The molecule has 0 aromatic carbocycles. The Hall–Kier alpha value is -2.90. The van der Waals surface area contributed by atoms with Crippen LogP contribution in [0.4, 0.5) is 0 Å². The second kappa shape index (κ2) is 6.31. The normalized spacial score (nSPS) is 15.5. The maximum atomic E-state index is 12.2. The fourth-order valence-electron chi connectivity index (χ4n) is 2.63. The number of hydrogen-bond acceptors (Lipinski definition) is 4. The summed E-state index contributed by atoms with van der Waals surface area (Å²) in [5, 5.41) is 7.72. The van der Waals surface area contributed by atoms with Crippen LogP contribution >= 0.6 is 0 Å². The topological polar surface area (TPSA) is 100 Å². The van der Waals surface area contributed by atoms with Crippen molar-refractivity contribution in [3.05, 3.63) is 34.3 Å². The van der Waals surface area contributed by atoms with E-state index in [-0.39, 0.29) is 30.0 Å². The molecule has 8 heteroatoms. The van der Waals surface area contributed by atoms with Gasteiger partial charge in [0, 0.05) is 36.2 Å². The van der Waals surface area contributed by atoms with Crippen LogP contribution in [-0.4, -0.2) is 51.1 Å². The van der Waals surface area contributed by atoms with Crippen LogP contribution in [0, 0.1) is 0 Å². The monoisotopic (exact) mass is 329 g/mol. The highest BCUT2D eigenvalue weighted by atomic mass is 16.2. The average Bonchev–Trinajstić information content (AvgIpc) is 2.95. The smallest absolute Gasteiger partial charge is 0.256 e. The summed E-state index contributed by atoms with van der Waals surface area (Å²) < 4.78 is 1.74. The molecule has 0 unspecified atom stereocenters. The number of aromatic amines is 1. The van der Waals surface area contributed by atoms with Crippen molar-refractivity contribution in [1.29, 1.82) is 0 Å². The number of rotatable bonds is 3. The van der Waals surface area contributed by atoms with Crippen LogP contribution in [0.25, 0.3) is 17.1 Å². The SMILES string of the molecule is CC(C)n1ncc2cc(C=CC(=O)N3CCNC(=O)C3)c(=O)[nH]c21. The summed E-state index contributed by atoms with van der Waals surface area (Å²) in [6.45, 7) is 4.91. The molecular formula is C16H19N5O3. The fourth-order valence-corrected chi connectivity index (χ4v) is 2.63. The molecule has 0 atom stereocenters. The van der Waals surface area contributed by atoms with Gasteiger partial charge in [0.1, 0.15) is 5.65 Å². The lowest BCUT2D eigenvalue weighted by Gasteiger charge is -2.25. The van der Waals surface area contributed by atoms with Crippen LogP contribution in [0.5, 0.6) is 0 Å². The molecule has 0 aliphatic carbocycles. The van der Waals surface area contributed by atoms with E-state index >= 15 is 0 Å². The zero-order valence-corrected chi connectivity index (χ0v) is 13.6. The molecule has 24 heavy (non-hydrogen) atoms. The van der Waals surface area contributed by atoms with Crippen LogP contribution in [0.15, 0.2) is 23.1 Å². The van der Waals surface area contributed by atoms with Crippen LogP contribution in [0.2, 0.25) is 0 Å². The summed E-state index contributed by atoms with van der Waals surface area (Å²) in [6, 6.07) is 1.83. The van der Waals surface area contributed by atoms with Crippen molar-refractivity contribution in [2.75, 3.05) is 19.6 Å². The first-order valence-electron chi connectivity index (χ1n) is 7.80. The van der Waals surface area contributed by atoms with Gasteiger partial charge in [-0.15, -0.1) is 0 Å². The third-order valence-corrected chi connectivity index (χ3v) is 3.87. The first-order valence-corrected chi connectivity index (χ1v) is 7.80. The van der Waals surface area contributed by atoms with Gasteiger partial charge in [-0.2, -0.15) is 5.10 Å². The Kier molecular flexibility index (Phi) is 4.20. The molecular weight excluding hydrogens is 310 g/mol. The Balaban J connectivity index is 1.84. The van der Waals surface area contributed by atoms with Gasteiger partial charge in [-0.05, 0) is 26.0 Å². The van der Waals surface area contributed by atoms with Gasteiger partial charge in [-0.1, -0.05) is 0 Å². The second-order valence-corrected chi connectivity index (χ2v) is 5.98. The number of aromatic nitrogens is 3. The lowest BCUT2D eigenvalue weighted by molar-refractivity contribution is -0.134. The molecule has 2 N–H and O–H groups in total. The highest BCUT2D eigenvalue weighted by Gasteiger charge is 2.19. The van der Waals surface area contributed by atoms with E-state index in [1.54, 1.807) is 16.9 Å². The highest BCUT2D eigenvalue weighted by molar-refractivity contribution is 5.95. The molecule has 3 rings (SSSR count). The minimum atomic E-state index is -0.290. The van der Waals surface area contributed by atoms with E-state index in [1.807, 2.05) is 13.8 Å². The largest absolute Gasteiger partial charge is 0.353 e. The Morgan fingerprint density at radius 2 is 2.17 bits per heavy atom. The molecule has 8 nitrogen and oxygen atoms in total. The zero-order valence-electron chi connectivity index (χ0n) is 13.6. The Morgan fingerprint density at radius 1 is 1.38 bits per heavy atom. The van der Waals surface area contributed by atoms with Crippen LogP contribution in [0.3, 0.4) is 0 Å². The maximum Gasteiger partial charge on any atom is 0.256 e. The summed E-state index contributed by atoms with van der Waals surface area (Å²) >= 11 is 0. The average molecular weight is 329 g/mol. The van der Waals surface area contributed by atoms with Crippen molar-refractivity contribution in [3.8, 4) is 0 Å². The molecule has 1 aliphatic heterocycles. The van der Waals surface area contributed by atoms with E-state index in [0.717, 1.165) is 5.39 Å². The summed E-state index contributed by atoms with van der Waals surface area (Å²) in [6.07, 6.45) is 4.47. The minimum absolute atomic E-state index is 0.0414. The van der Waals surface area contributed by atoms with Gasteiger partial charge >= 0.3 is 0 Å². The van der Waals surface area contributed by atoms with Gasteiger partial charge in [-0.25, -0.2) is 4.68 Å². The van der Waals surface area contributed by atoms with Gasteiger partial charge in [0.15, 0.2) is 0 Å². The molecule has 1 fully saturated rings. The van der Waals surface area contributed by atoms with E-state index < -0.39 is 0 Å². The number of pyridine rings is 1. The number of amides is 2. The number of hydrogen-bond donors (Lipinski definition) is 2. The van der Waals surface area contributed by atoms with Crippen LogP contribution < -0.4 is 10.9 Å². The van der Waals surface area contributed by atoms with Gasteiger partial charge in [0.2, 0.25) is 11.8 Å². The molecule has 1 saturated heterocycles. The summed E-state index contributed by atoms with van der Waals surface area (Å²) in [4.78, 5) is 39.9. The quantitative estimate of drug-likeness (QED) is 0.790. The number of carbonyl (C=O) groups excluding carboxylic acids is 2. The van der Waals surface area contributed by atoms with Crippen molar-refractivity contribution in [3.63, 3.8) is 0 Å². The van der Waals surface area contributed by atoms with Crippen molar-refractivity contribution >= 4 is 28.9 Å². The second-order valence-electron chi connectivity index (χ2n) is 5.98. The number of H-pyrrole nitrogens is 1. The molecule has 0 saturated carbocycles. The highest BCUT2D eigenvalue weighted by Crippen LogP contribution is 2.15. The molecule has 0 radical (unpaired) electrons. The maximum absolute atomic E-state index is 12.2. The van der Waals surface area contributed by atoms with E-state index in [2.05, 4.69) is 15.4 Å². The molecule has 126 valence electrons. The predicted octanol–water partition coefficient (Wildman–Crippen LogP) is 0.277. The van der Waals surface area contributed by atoms with E-state index in [9.17, 15) is 14.4 Å². The predicted molar refractivity (Wildman–Crippen MR) is 89.4 cm³/mol. The summed E-state index contributed by atoms with van der Waals surface area (Å²) in [7, 11) is 0. The van der Waals surface area contributed by atoms with Crippen LogP contribution in [-0.2, 0) is 9.59 Å². The molecule has 1 aliphatic rings. The van der Waals surface area contributed by atoms with Gasteiger partial charge in [-0.3, -0.25) is 14.4 Å². The minimum Gasteiger partial charge on any atom is -0.353 e. The lowest BCUT2D eigenvalue weighted by Crippen LogP contribution is -2.49. The van der Waals surface area contributed by atoms with E-state index in [4.69, 9.17) is 0 Å². The zero-order chi connectivity index (χ0) is 17.3. The van der Waals surface area contributed by atoms with Crippen LogP contribution in [0.1, 0.15) is 25.5 Å². The van der Waals surface area contributed by atoms with Crippen molar-refractivity contribution in [1.82, 2.24) is 25.0 Å². The first-order chi connectivity index (χ1) is 11.5. The fraction of sp³-hybridized carbons (Fsp3) is 0.375. The van der Waals surface area contributed by atoms with Gasteiger partial charge in [0.05, 0.1) is 12.7 Å². The Bertz CT molecular complexity index is 877. The van der Waals surface area contributed by atoms with Crippen molar-refractivity contribution in [2.24, 2.45) is 0 Å². The molecule has 3 heterocycles. The number of carbonyl (C=O) groups is 2. The number of nitrogens with zero attached hydrogens (tertiary/aromatic N) is 3. The van der Waals surface area contributed by atoms with Crippen molar-refractivity contribution in [2.45, 2.75) is 19.9 Å². The molecule has 2 aromatic rings. The third-order valence-electron chi connectivity index (χ3n) is 3.87. The summed E-state index contributed by atoms with van der Waals surface area (Å²) in [5.74, 6) is -0.467. The standard InChI is InChI=1S/C16H19N5O3/c1-10(2)21-15-12(8-18-21)7-11(16(24)19-15)3-4-14(23)20-6-5-17-13(22)9-20/h3-4,7-8,10H,5-6,9H2,1-2H3,(H,17,22)(H,19,24). The number of nitrogens with one attached hydrogen (secondary N) is 2. The molecule has 2 amide bonds. The van der Waals surface area contributed by atoms with Crippen molar-refractivity contribution < 1.29 is 9.59 Å². The third kappa shape index (κ3) is 3.08. The number of piperazine rings is 1. The summed E-state index contributed by atoms with van der Waals surface area (Å²) in [5.41, 5.74) is 0.747. The number of fused-ring (bicyclic) bond motifs is 1. The molecule has 0 bridgehead atoms. The van der Waals surface area contributed by atoms with Gasteiger partial charge in [0.25, 0.3) is 5.56 Å². The molecule has 2 aromatic heterocycles. The molecule has 0 spiro atoms. The van der Waals surface area contributed by atoms with E-state index in [1.165, 1.54) is 17.1 Å². The Morgan fingerprint density at radius 3 is 2.88 bits per heavy atom.